The molecule has 0 bridgehead atoms. The van der Waals surface area contributed by atoms with Gasteiger partial charge in [-0.3, -0.25) is 9.59 Å². The molecule has 8 heteroatoms. The van der Waals surface area contributed by atoms with E-state index in [2.05, 4.69) is 31.5 Å². The summed E-state index contributed by atoms with van der Waals surface area (Å²) in [7, 11) is 0. The lowest BCUT2D eigenvalue weighted by molar-refractivity contribution is 0.0935. The summed E-state index contributed by atoms with van der Waals surface area (Å²) >= 11 is 9.14. The topological polar surface area (TPSA) is 80.3 Å². The van der Waals surface area contributed by atoms with E-state index in [0.717, 1.165) is 12.0 Å². The molecule has 1 atom stereocenters. The summed E-state index contributed by atoms with van der Waals surface area (Å²) in [4.78, 5) is 29.6. The highest BCUT2D eigenvalue weighted by molar-refractivity contribution is 9.09. The van der Waals surface area contributed by atoms with Crippen LogP contribution in [0.25, 0.3) is 0 Å². The summed E-state index contributed by atoms with van der Waals surface area (Å²) in [5, 5.41) is 5.32. The molecule has 2 aromatic rings. The molecule has 156 valence electrons. The molecular formula is C21H25BrClN3O3. The number of ether oxygens (including phenoxy) is 1. The van der Waals surface area contributed by atoms with E-state index in [-0.39, 0.29) is 16.3 Å². The van der Waals surface area contributed by atoms with Gasteiger partial charge in [-0.2, -0.15) is 0 Å². The number of halogens is 2. The molecule has 1 aromatic heterocycles. The smallest absolute Gasteiger partial charge is 0.270 e. The standard InChI is InChI=1S/C21H25BrClN3O3/c1-3-12-29-19(22)15-6-4-7-16(13-15)26-20(27)17-9-8-14(2)25-18(17)21(28)24-11-5-10-23/h4,6-9,13,19H,3,5,10-12H2,1-2H3,(H,24,28)(H,26,27). The fourth-order valence-corrected chi connectivity index (χ4v) is 3.14. The Kier molecular flexibility index (Phi) is 9.57. The van der Waals surface area contributed by atoms with Crippen LogP contribution in [0.4, 0.5) is 5.69 Å². The number of carbonyl (C=O) groups excluding carboxylic acids is 2. The molecule has 2 rings (SSSR count). The van der Waals surface area contributed by atoms with Gasteiger partial charge in [0.05, 0.1) is 5.56 Å². The molecule has 1 heterocycles. The van der Waals surface area contributed by atoms with Crippen molar-refractivity contribution in [2.24, 2.45) is 0 Å². The average molecular weight is 483 g/mol. The van der Waals surface area contributed by atoms with Gasteiger partial charge in [-0.25, -0.2) is 4.98 Å². The van der Waals surface area contributed by atoms with Crippen LogP contribution >= 0.6 is 27.5 Å². The van der Waals surface area contributed by atoms with E-state index in [0.29, 0.717) is 36.8 Å². The molecule has 0 aliphatic carbocycles. The maximum absolute atomic E-state index is 12.8. The van der Waals surface area contributed by atoms with E-state index in [4.69, 9.17) is 16.3 Å². The van der Waals surface area contributed by atoms with Crippen molar-refractivity contribution >= 4 is 45.0 Å². The van der Waals surface area contributed by atoms with E-state index in [9.17, 15) is 9.59 Å². The highest BCUT2D eigenvalue weighted by Crippen LogP contribution is 2.26. The van der Waals surface area contributed by atoms with Gasteiger partial charge in [0.2, 0.25) is 0 Å². The van der Waals surface area contributed by atoms with E-state index in [1.54, 1.807) is 25.1 Å². The predicted octanol–water partition coefficient (Wildman–Crippen LogP) is 4.82. The molecule has 0 saturated heterocycles. The Hall–Kier alpha value is -1.96. The number of aromatic nitrogens is 1. The van der Waals surface area contributed by atoms with Gasteiger partial charge in [-0.05, 0) is 49.6 Å². The van der Waals surface area contributed by atoms with Gasteiger partial charge < -0.3 is 15.4 Å². The van der Waals surface area contributed by atoms with E-state index < -0.39 is 11.8 Å². The Morgan fingerprint density at radius 2 is 2.03 bits per heavy atom. The SMILES string of the molecule is CCCOC(Br)c1cccc(NC(=O)c2ccc(C)nc2C(=O)NCCCCl)c1. The number of anilines is 1. The van der Waals surface area contributed by atoms with Crippen molar-refractivity contribution in [2.75, 3.05) is 24.3 Å². The highest BCUT2D eigenvalue weighted by atomic mass is 79.9. The number of carbonyl (C=O) groups is 2. The third kappa shape index (κ3) is 7.10. The predicted molar refractivity (Wildman–Crippen MR) is 119 cm³/mol. The lowest BCUT2D eigenvalue weighted by atomic mass is 10.1. The van der Waals surface area contributed by atoms with Crippen molar-refractivity contribution < 1.29 is 14.3 Å². The first kappa shape index (κ1) is 23.3. The molecule has 2 N–H and O–H groups in total. The summed E-state index contributed by atoms with van der Waals surface area (Å²) in [6.45, 7) is 4.86. The molecule has 0 fully saturated rings. The van der Waals surface area contributed by atoms with Crippen LogP contribution in [0.5, 0.6) is 0 Å². The van der Waals surface area contributed by atoms with E-state index >= 15 is 0 Å². The fraction of sp³-hybridized carbons (Fsp3) is 0.381. The first-order chi connectivity index (χ1) is 14.0. The van der Waals surface area contributed by atoms with Crippen LogP contribution in [0, 0.1) is 6.92 Å². The maximum atomic E-state index is 12.8. The zero-order chi connectivity index (χ0) is 21.2. The van der Waals surface area contributed by atoms with Gasteiger partial charge >= 0.3 is 0 Å². The normalized spacial score (nSPS) is 11.7. The molecule has 1 unspecified atom stereocenters. The van der Waals surface area contributed by atoms with Crippen molar-refractivity contribution in [1.82, 2.24) is 10.3 Å². The second-order valence-electron chi connectivity index (χ2n) is 6.41. The fourth-order valence-electron chi connectivity index (χ4n) is 2.54. The number of aryl methyl sites for hydroxylation is 1. The Bertz CT molecular complexity index is 848. The number of benzene rings is 1. The minimum absolute atomic E-state index is 0.0953. The average Bonchev–Trinajstić information content (AvgIpc) is 2.72. The number of pyridine rings is 1. The maximum Gasteiger partial charge on any atom is 0.270 e. The molecule has 0 radical (unpaired) electrons. The van der Waals surface area contributed by atoms with Crippen molar-refractivity contribution in [1.29, 1.82) is 0 Å². The van der Waals surface area contributed by atoms with Crippen molar-refractivity contribution in [3.05, 3.63) is 58.9 Å². The van der Waals surface area contributed by atoms with Crippen molar-refractivity contribution in [2.45, 2.75) is 31.7 Å². The lowest BCUT2D eigenvalue weighted by Crippen LogP contribution is -2.29. The van der Waals surface area contributed by atoms with Gasteiger partial charge in [0.15, 0.2) is 0 Å². The number of hydrogen-bond acceptors (Lipinski definition) is 4. The van der Waals surface area contributed by atoms with Crippen molar-refractivity contribution in [3.63, 3.8) is 0 Å². The zero-order valence-electron chi connectivity index (χ0n) is 16.5. The third-order valence-electron chi connectivity index (χ3n) is 3.97. The van der Waals surface area contributed by atoms with Crippen LogP contribution in [0.1, 0.15) is 56.9 Å². The number of amides is 2. The molecule has 0 saturated carbocycles. The molecule has 29 heavy (non-hydrogen) atoms. The van der Waals surface area contributed by atoms with Crippen LogP contribution in [0.3, 0.4) is 0 Å². The number of hydrogen-bond donors (Lipinski definition) is 2. The van der Waals surface area contributed by atoms with E-state index in [1.807, 2.05) is 25.1 Å². The number of nitrogens with one attached hydrogen (secondary N) is 2. The Labute approximate surface area is 184 Å². The molecule has 1 aromatic carbocycles. The second kappa shape index (κ2) is 11.9. The summed E-state index contributed by atoms with van der Waals surface area (Å²) in [6.07, 6.45) is 1.55. The first-order valence-corrected chi connectivity index (χ1v) is 10.9. The minimum atomic E-state index is -0.405. The van der Waals surface area contributed by atoms with Gasteiger partial charge in [0.1, 0.15) is 10.7 Å². The van der Waals surface area contributed by atoms with Crippen molar-refractivity contribution in [3.8, 4) is 0 Å². The first-order valence-electron chi connectivity index (χ1n) is 9.45. The third-order valence-corrected chi connectivity index (χ3v) is 5.03. The van der Waals surface area contributed by atoms with Crippen LogP contribution in [0.15, 0.2) is 36.4 Å². The quantitative estimate of drug-likeness (QED) is 0.376. The molecule has 6 nitrogen and oxygen atoms in total. The molecule has 0 spiro atoms. The molecule has 0 aliphatic heterocycles. The Balaban J connectivity index is 2.17. The second-order valence-corrected chi connectivity index (χ2v) is 7.62. The number of alkyl halides is 2. The van der Waals surface area contributed by atoms with Gasteiger partial charge in [-0.1, -0.05) is 35.0 Å². The summed E-state index contributed by atoms with van der Waals surface area (Å²) in [6, 6.07) is 10.7. The van der Waals surface area contributed by atoms with Crippen LogP contribution in [0.2, 0.25) is 0 Å². The molecular weight excluding hydrogens is 458 g/mol. The number of nitrogens with zero attached hydrogens (tertiary/aromatic N) is 1. The van der Waals surface area contributed by atoms with Gasteiger partial charge in [0, 0.05) is 30.4 Å². The molecule has 2 amide bonds. The van der Waals surface area contributed by atoms with E-state index in [1.165, 1.54) is 0 Å². The summed E-state index contributed by atoms with van der Waals surface area (Å²) in [5.74, 6) is -0.356. The number of rotatable bonds is 10. The van der Waals surface area contributed by atoms with Crippen LogP contribution < -0.4 is 10.6 Å². The van der Waals surface area contributed by atoms with Crippen LogP contribution in [-0.4, -0.2) is 35.8 Å². The molecule has 0 aliphatic rings. The lowest BCUT2D eigenvalue weighted by Gasteiger charge is -2.14. The monoisotopic (exact) mass is 481 g/mol. The van der Waals surface area contributed by atoms with Crippen LogP contribution in [-0.2, 0) is 4.74 Å². The summed E-state index contributed by atoms with van der Waals surface area (Å²) < 4.78 is 5.66. The highest BCUT2D eigenvalue weighted by Gasteiger charge is 2.19. The zero-order valence-corrected chi connectivity index (χ0v) is 18.8. The Morgan fingerprint density at radius 1 is 1.24 bits per heavy atom. The van der Waals surface area contributed by atoms with Gasteiger partial charge in [0.25, 0.3) is 11.8 Å². The minimum Gasteiger partial charge on any atom is -0.362 e. The van der Waals surface area contributed by atoms with Gasteiger partial charge in [-0.15, -0.1) is 11.6 Å². The Morgan fingerprint density at radius 3 is 2.76 bits per heavy atom. The summed E-state index contributed by atoms with van der Waals surface area (Å²) in [5.41, 5.74) is 2.45. The largest absolute Gasteiger partial charge is 0.362 e.